The van der Waals surface area contributed by atoms with Gasteiger partial charge in [0.1, 0.15) is 18.1 Å². The van der Waals surface area contributed by atoms with E-state index in [1.807, 2.05) is 32.2 Å². The van der Waals surface area contributed by atoms with Gasteiger partial charge in [-0.05, 0) is 87.3 Å². The Morgan fingerprint density at radius 1 is 1.13 bits per heavy atom. The summed E-state index contributed by atoms with van der Waals surface area (Å²) in [6.45, 7) is 18.2. The summed E-state index contributed by atoms with van der Waals surface area (Å²) in [6.07, 6.45) is 5.19. The van der Waals surface area contributed by atoms with Crippen LogP contribution < -0.4 is 10.7 Å². The van der Waals surface area contributed by atoms with E-state index in [4.69, 9.17) is 19.4 Å². The number of likely N-dealkylation sites (N-methyl/N-ethyl adjacent to an activating group) is 2. The third-order valence-electron chi connectivity index (χ3n) is 13.4. The quantitative estimate of drug-likeness (QED) is 0.130. The highest BCUT2D eigenvalue weighted by atomic mass is 32.1. The van der Waals surface area contributed by atoms with Gasteiger partial charge in [-0.3, -0.25) is 29.2 Å². The minimum Gasteiger partial charge on any atom is -0.464 e. The van der Waals surface area contributed by atoms with E-state index < -0.39 is 41.3 Å². The van der Waals surface area contributed by atoms with Crippen LogP contribution >= 0.6 is 11.3 Å². The fourth-order valence-corrected chi connectivity index (χ4v) is 10.7. The molecule has 3 aliphatic heterocycles. The lowest BCUT2D eigenvalue weighted by molar-refractivity contribution is -0.155. The van der Waals surface area contributed by atoms with E-state index in [9.17, 15) is 24.0 Å². The number of fused-ring (bicyclic) bond motifs is 6. The molecule has 0 spiro atoms. The summed E-state index contributed by atoms with van der Waals surface area (Å²) in [7, 11) is 5.02. The Labute approximate surface area is 398 Å². The van der Waals surface area contributed by atoms with Crippen LogP contribution in [0.1, 0.15) is 83.2 Å². The number of aryl methyl sites for hydroxylation is 1. The average molecular weight is 938 g/mol. The second-order valence-electron chi connectivity index (χ2n) is 19.4. The number of urea groups is 1. The van der Waals surface area contributed by atoms with Gasteiger partial charge in [0.05, 0.1) is 34.8 Å². The van der Waals surface area contributed by atoms with Crippen LogP contribution in [0, 0.1) is 17.3 Å². The summed E-state index contributed by atoms with van der Waals surface area (Å²) in [5.41, 5.74) is 9.27. The standard InChI is InChI=1S/C50H67N9O7S/c1-11-42(60)55(8)26-32-19-22-57(27-32)49(64)56(9)44(30(3)4)46(61)53-38-24-41-52-39(28-67-41)33-17-18-40-35(23-33)36(45(58(40)12-2)34-15-13-20-51-43(34)31(5)65-10)25-50(6,7)29-66-48(63)37-16-14-21-59(54-37)47(38)62/h11,13,15,17-18,20,23,28,30-32,37-38,44,54H,1,12,14,16,19,21-22,24-27,29H2,2-10H3,(H,53,61)/t31-,32-,37-,38-,44-/m0/s1. The fourth-order valence-electron chi connectivity index (χ4n) is 9.88. The number of amides is 5. The maximum absolute atomic E-state index is 14.7. The van der Waals surface area contributed by atoms with Gasteiger partial charge < -0.3 is 34.1 Å². The Balaban J connectivity index is 1.23. The van der Waals surface area contributed by atoms with Gasteiger partial charge in [0.25, 0.3) is 5.91 Å². The van der Waals surface area contributed by atoms with Gasteiger partial charge >= 0.3 is 12.0 Å². The lowest BCUT2D eigenvalue weighted by Gasteiger charge is -2.37. The molecule has 2 fully saturated rings. The molecule has 17 heteroatoms. The average Bonchev–Trinajstić information content (AvgIpc) is 4.06. The van der Waals surface area contributed by atoms with Crippen molar-refractivity contribution in [2.45, 2.75) is 104 Å². The Morgan fingerprint density at radius 3 is 2.63 bits per heavy atom. The number of aromatic nitrogens is 3. The first-order valence-corrected chi connectivity index (χ1v) is 24.3. The molecule has 3 aromatic heterocycles. The number of carbonyl (C=O) groups excluding carboxylic acids is 5. The van der Waals surface area contributed by atoms with Gasteiger partial charge in [-0.2, -0.15) is 0 Å². The maximum atomic E-state index is 14.7. The van der Waals surface area contributed by atoms with Gasteiger partial charge in [0.15, 0.2) is 0 Å². The van der Waals surface area contributed by atoms with Gasteiger partial charge in [-0.25, -0.2) is 15.2 Å². The van der Waals surface area contributed by atoms with Crippen molar-refractivity contribution in [3.8, 4) is 22.5 Å². The molecule has 2 N–H and O–H groups in total. The highest BCUT2D eigenvalue weighted by molar-refractivity contribution is 7.10. The monoisotopic (exact) mass is 937 g/mol. The zero-order valence-corrected chi connectivity index (χ0v) is 41.3. The zero-order chi connectivity index (χ0) is 48.3. The number of likely N-dealkylation sites (tertiary alicyclic amines) is 1. The number of thiazole rings is 1. The SMILES string of the molecule is C=CC(=O)N(C)C[C@@H]1CCN(C(=O)N(C)[C@H](C(=O)N[C@H]2Cc3nc(cs3)-c3ccc4c(c3)c(c(-c3cccnc3[C@H](C)OC)n4CC)CC(C)(C)COC(=O)[C@@H]3CCCN(N3)C2=O)C(C)C)C1. The van der Waals surface area contributed by atoms with E-state index in [0.29, 0.717) is 57.0 Å². The minimum absolute atomic E-state index is 0.0786. The number of esters is 1. The first kappa shape index (κ1) is 49.3. The highest BCUT2D eigenvalue weighted by Gasteiger charge is 2.40. The molecule has 6 bridgehead atoms. The number of cyclic esters (lactones) is 1. The first-order valence-electron chi connectivity index (χ1n) is 23.5. The predicted molar refractivity (Wildman–Crippen MR) is 259 cm³/mol. The molecule has 0 radical (unpaired) electrons. The van der Waals surface area contributed by atoms with Crippen molar-refractivity contribution in [3.63, 3.8) is 0 Å². The number of benzene rings is 1. The molecule has 4 aromatic rings. The van der Waals surface area contributed by atoms with Crippen molar-refractivity contribution in [1.82, 2.24) is 45.0 Å². The Morgan fingerprint density at radius 2 is 1.91 bits per heavy atom. The fraction of sp³-hybridized carbons (Fsp3) is 0.540. The number of nitrogens with zero attached hydrogens (tertiary/aromatic N) is 7. The molecular weight excluding hydrogens is 871 g/mol. The largest absolute Gasteiger partial charge is 0.464 e. The van der Waals surface area contributed by atoms with Crippen LogP contribution in [-0.2, 0) is 48.0 Å². The van der Waals surface area contributed by atoms with Crippen LogP contribution in [-0.4, -0.2) is 136 Å². The second kappa shape index (κ2) is 20.7. The second-order valence-corrected chi connectivity index (χ2v) is 20.3. The number of hydrazine groups is 1. The van der Waals surface area contributed by atoms with Crippen LogP contribution in [0.4, 0.5) is 4.79 Å². The maximum Gasteiger partial charge on any atom is 0.324 e. The number of methoxy groups -OCH3 is 1. The summed E-state index contributed by atoms with van der Waals surface area (Å²) in [6, 6.07) is 7.34. The van der Waals surface area contributed by atoms with Crippen molar-refractivity contribution >= 4 is 52.0 Å². The lowest BCUT2D eigenvalue weighted by atomic mass is 9.84. The molecule has 67 heavy (non-hydrogen) atoms. The normalized spacial score (nSPS) is 20.8. The highest BCUT2D eigenvalue weighted by Crippen LogP contribution is 2.42. The number of nitrogens with one attached hydrogen (secondary N) is 2. The Hall–Kier alpha value is -5.65. The van der Waals surface area contributed by atoms with Gasteiger partial charge in [0.2, 0.25) is 11.8 Å². The molecule has 360 valence electrons. The first-order chi connectivity index (χ1) is 31.9. The molecule has 6 heterocycles. The summed E-state index contributed by atoms with van der Waals surface area (Å²) >= 11 is 1.41. The van der Waals surface area contributed by atoms with Crippen molar-refractivity contribution in [1.29, 1.82) is 0 Å². The van der Waals surface area contributed by atoms with Crippen molar-refractivity contribution in [3.05, 3.63) is 70.8 Å². The Bertz CT molecular complexity index is 2500. The molecule has 1 aromatic carbocycles. The van der Waals surface area contributed by atoms with Crippen LogP contribution in [0.15, 0.2) is 54.6 Å². The van der Waals surface area contributed by atoms with Crippen LogP contribution in [0.2, 0.25) is 0 Å². The van der Waals surface area contributed by atoms with Crippen molar-refractivity contribution in [2.24, 2.45) is 17.3 Å². The number of rotatable bonds is 11. The number of pyridine rings is 1. The number of carbonyl (C=O) groups is 5. The van der Waals surface area contributed by atoms with Gasteiger partial charge in [0, 0.05) is 99.4 Å². The van der Waals surface area contributed by atoms with E-state index in [1.165, 1.54) is 27.3 Å². The van der Waals surface area contributed by atoms with Crippen LogP contribution in [0.3, 0.4) is 0 Å². The molecule has 0 saturated carbocycles. The van der Waals surface area contributed by atoms with Crippen molar-refractivity contribution in [2.75, 3.05) is 54.0 Å². The molecule has 5 atom stereocenters. The summed E-state index contributed by atoms with van der Waals surface area (Å²) in [5, 5.41) is 8.13. The molecule has 0 unspecified atom stereocenters. The van der Waals surface area contributed by atoms with E-state index in [0.717, 1.165) is 51.1 Å². The smallest absolute Gasteiger partial charge is 0.324 e. The van der Waals surface area contributed by atoms with Crippen LogP contribution in [0.25, 0.3) is 33.4 Å². The van der Waals surface area contributed by atoms with E-state index in [2.05, 4.69) is 66.9 Å². The summed E-state index contributed by atoms with van der Waals surface area (Å²) in [4.78, 5) is 83.9. The molecule has 7 rings (SSSR count). The van der Waals surface area contributed by atoms with E-state index in [-0.39, 0.29) is 42.9 Å². The summed E-state index contributed by atoms with van der Waals surface area (Å²) < 4.78 is 14.2. The van der Waals surface area contributed by atoms with Gasteiger partial charge in [-0.15, -0.1) is 11.3 Å². The summed E-state index contributed by atoms with van der Waals surface area (Å²) in [5.74, 6) is -1.76. The molecule has 3 aliphatic rings. The lowest BCUT2D eigenvalue weighted by Crippen LogP contribution is -2.62. The molecule has 0 aliphatic carbocycles. The number of hydrogen-bond donors (Lipinski definition) is 2. The molecular formula is C50H67N9O7S. The number of ether oxygens (including phenoxy) is 2. The number of hydrogen-bond acceptors (Lipinski definition) is 11. The van der Waals surface area contributed by atoms with Gasteiger partial charge in [-0.1, -0.05) is 40.3 Å². The van der Waals surface area contributed by atoms with Crippen molar-refractivity contribution < 1.29 is 33.4 Å². The van der Waals surface area contributed by atoms with E-state index >= 15 is 0 Å². The van der Waals surface area contributed by atoms with E-state index in [1.54, 1.807) is 37.2 Å². The predicted octanol–water partition coefficient (Wildman–Crippen LogP) is 6.25. The molecule has 16 nitrogen and oxygen atoms in total. The Kier molecular flexibility index (Phi) is 15.2. The zero-order valence-electron chi connectivity index (χ0n) is 40.5. The van der Waals surface area contributed by atoms with Crippen LogP contribution in [0.5, 0.6) is 0 Å². The topological polar surface area (TPSA) is 172 Å². The molecule has 5 amide bonds. The third kappa shape index (κ3) is 10.6. The molecule has 2 saturated heterocycles. The third-order valence-corrected chi connectivity index (χ3v) is 14.3. The minimum atomic E-state index is -1.08.